The van der Waals surface area contributed by atoms with E-state index in [4.69, 9.17) is 0 Å². The normalized spacial score (nSPS) is 12.9. The van der Waals surface area contributed by atoms with Crippen LogP contribution in [-0.4, -0.2) is 29.8 Å². The van der Waals surface area contributed by atoms with E-state index >= 15 is 0 Å². The van der Waals surface area contributed by atoms with E-state index in [1.165, 1.54) is 0 Å². The Morgan fingerprint density at radius 2 is 2.38 bits per heavy atom. The van der Waals surface area contributed by atoms with Gasteiger partial charge in [-0.15, -0.1) is 11.3 Å². The zero-order valence-electron chi connectivity index (χ0n) is 8.32. The van der Waals surface area contributed by atoms with E-state index in [-0.39, 0.29) is 6.10 Å². The van der Waals surface area contributed by atoms with Gasteiger partial charge in [0, 0.05) is 19.0 Å². The van der Waals surface area contributed by atoms with E-state index < -0.39 is 0 Å². The first-order valence-electron chi connectivity index (χ1n) is 4.47. The molecule has 1 rings (SSSR count). The highest BCUT2D eigenvalue weighted by molar-refractivity contribution is 7.13. The molecule has 1 unspecified atom stereocenters. The number of aromatic nitrogens is 1. The number of hydrogen-bond acceptors (Lipinski definition) is 4. The number of rotatable bonds is 4. The lowest BCUT2D eigenvalue weighted by Crippen LogP contribution is -2.26. The second-order valence-electron chi connectivity index (χ2n) is 3.20. The number of likely N-dealkylation sites (N-methyl/N-ethyl adjacent to an activating group) is 1. The van der Waals surface area contributed by atoms with Gasteiger partial charge < -0.3 is 10.0 Å². The third kappa shape index (κ3) is 2.97. The van der Waals surface area contributed by atoms with Crippen LogP contribution in [0.1, 0.15) is 19.5 Å². The highest BCUT2D eigenvalue weighted by Crippen LogP contribution is 2.19. The molecule has 1 aromatic heterocycles. The predicted octanol–water partition coefficient (Wildman–Crippen LogP) is 1.52. The highest BCUT2D eigenvalue weighted by atomic mass is 32.1. The Bertz CT molecular complexity index is 260. The molecule has 4 heteroatoms. The minimum atomic E-state index is -0.307. The largest absolute Gasteiger partial charge is 0.392 e. The Hall–Kier alpha value is -0.610. The molecule has 0 aliphatic heterocycles. The number of nitrogens with zero attached hydrogens (tertiary/aromatic N) is 2. The molecule has 3 nitrogen and oxygen atoms in total. The van der Waals surface area contributed by atoms with Crippen molar-refractivity contribution in [3.63, 3.8) is 0 Å². The number of aliphatic hydroxyl groups excluding tert-OH is 1. The predicted molar refractivity (Wildman–Crippen MR) is 56.4 cm³/mol. The molecule has 0 radical (unpaired) electrons. The number of anilines is 1. The lowest BCUT2D eigenvalue weighted by atomic mass is 10.4. The van der Waals surface area contributed by atoms with Gasteiger partial charge in [0.25, 0.3) is 0 Å². The standard InChI is InChI=1S/C9H16N2OS/c1-4-8-6-13-9(10-8)11(3)5-7(2)12/h6-7,12H,4-5H2,1-3H3. The zero-order valence-corrected chi connectivity index (χ0v) is 9.14. The van der Waals surface area contributed by atoms with E-state index in [0.29, 0.717) is 6.54 Å². The van der Waals surface area contributed by atoms with Gasteiger partial charge >= 0.3 is 0 Å². The molecule has 1 aromatic rings. The first-order chi connectivity index (χ1) is 6.13. The van der Waals surface area contributed by atoms with Gasteiger partial charge in [-0.1, -0.05) is 6.92 Å². The molecular weight excluding hydrogens is 184 g/mol. The summed E-state index contributed by atoms with van der Waals surface area (Å²) in [4.78, 5) is 6.40. The molecule has 0 fully saturated rings. The monoisotopic (exact) mass is 200 g/mol. The summed E-state index contributed by atoms with van der Waals surface area (Å²) in [5, 5.41) is 12.2. The molecular formula is C9H16N2OS. The minimum Gasteiger partial charge on any atom is -0.392 e. The Kier molecular flexibility index (Phi) is 3.69. The van der Waals surface area contributed by atoms with Crippen molar-refractivity contribution in [2.24, 2.45) is 0 Å². The van der Waals surface area contributed by atoms with Crippen LogP contribution in [-0.2, 0) is 6.42 Å². The van der Waals surface area contributed by atoms with Gasteiger partial charge in [0.1, 0.15) is 0 Å². The Labute approximate surface area is 83.0 Å². The lowest BCUT2D eigenvalue weighted by molar-refractivity contribution is 0.201. The van der Waals surface area contributed by atoms with Crippen molar-refractivity contribution in [3.8, 4) is 0 Å². The fourth-order valence-corrected chi connectivity index (χ4v) is 1.99. The van der Waals surface area contributed by atoms with Crippen molar-refractivity contribution in [1.29, 1.82) is 0 Å². The van der Waals surface area contributed by atoms with Crippen LogP contribution >= 0.6 is 11.3 Å². The topological polar surface area (TPSA) is 36.4 Å². The van der Waals surface area contributed by atoms with E-state index in [1.54, 1.807) is 18.3 Å². The van der Waals surface area contributed by atoms with Crippen LogP contribution in [0.25, 0.3) is 0 Å². The minimum absolute atomic E-state index is 0.307. The van der Waals surface area contributed by atoms with Gasteiger partial charge in [0.2, 0.25) is 0 Å². The lowest BCUT2D eigenvalue weighted by Gasteiger charge is -2.16. The number of thiazole rings is 1. The zero-order chi connectivity index (χ0) is 9.84. The third-order valence-electron chi connectivity index (χ3n) is 1.77. The molecule has 0 saturated carbocycles. The molecule has 74 valence electrons. The smallest absolute Gasteiger partial charge is 0.185 e. The average Bonchev–Trinajstić information content (AvgIpc) is 2.50. The number of hydrogen-bond donors (Lipinski definition) is 1. The van der Waals surface area contributed by atoms with Gasteiger partial charge in [-0.05, 0) is 13.3 Å². The quantitative estimate of drug-likeness (QED) is 0.800. The highest BCUT2D eigenvalue weighted by Gasteiger charge is 2.07. The number of aryl methyl sites for hydroxylation is 1. The molecule has 0 saturated heterocycles. The van der Waals surface area contributed by atoms with Crippen LogP contribution in [0.2, 0.25) is 0 Å². The fourth-order valence-electron chi connectivity index (χ4n) is 1.11. The van der Waals surface area contributed by atoms with Crippen molar-refractivity contribution >= 4 is 16.5 Å². The molecule has 0 aliphatic rings. The van der Waals surface area contributed by atoms with E-state index in [0.717, 1.165) is 17.2 Å². The second-order valence-corrected chi connectivity index (χ2v) is 4.04. The molecule has 0 bridgehead atoms. The molecule has 0 aromatic carbocycles. The average molecular weight is 200 g/mol. The molecule has 1 heterocycles. The van der Waals surface area contributed by atoms with Crippen molar-refractivity contribution < 1.29 is 5.11 Å². The van der Waals surface area contributed by atoms with Crippen LogP contribution in [0.5, 0.6) is 0 Å². The summed E-state index contributed by atoms with van der Waals surface area (Å²) >= 11 is 1.63. The van der Waals surface area contributed by atoms with Crippen molar-refractivity contribution in [2.75, 3.05) is 18.5 Å². The first-order valence-corrected chi connectivity index (χ1v) is 5.35. The molecule has 0 amide bonds. The summed E-state index contributed by atoms with van der Waals surface area (Å²) in [6, 6.07) is 0. The molecule has 1 N–H and O–H groups in total. The summed E-state index contributed by atoms with van der Waals surface area (Å²) in [6.45, 7) is 4.51. The summed E-state index contributed by atoms with van der Waals surface area (Å²) < 4.78 is 0. The van der Waals surface area contributed by atoms with Crippen molar-refractivity contribution in [2.45, 2.75) is 26.4 Å². The summed E-state index contributed by atoms with van der Waals surface area (Å²) in [7, 11) is 1.95. The molecule has 1 atom stereocenters. The van der Waals surface area contributed by atoms with Crippen molar-refractivity contribution in [3.05, 3.63) is 11.1 Å². The van der Waals surface area contributed by atoms with Crippen LogP contribution in [0.3, 0.4) is 0 Å². The van der Waals surface area contributed by atoms with E-state index in [2.05, 4.69) is 17.3 Å². The van der Waals surface area contributed by atoms with Gasteiger partial charge in [-0.25, -0.2) is 4.98 Å². The maximum Gasteiger partial charge on any atom is 0.185 e. The Balaban J connectivity index is 2.60. The summed E-state index contributed by atoms with van der Waals surface area (Å²) in [5.74, 6) is 0. The Morgan fingerprint density at radius 3 is 2.85 bits per heavy atom. The van der Waals surface area contributed by atoms with Crippen LogP contribution < -0.4 is 4.90 Å². The van der Waals surface area contributed by atoms with Gasteiger partial charge in [0.15, 0.2) is 5.13 Å². The molecule has 13 heavy (non-hydrogen) atoms. The van der Waals surface area contributed by atoms with E-state index in [9.17, 15) is 5.11 Å². The van der Waals surface area contributed by atoms with Gasteiger partial charge in [-0.2, -0.15) is 0 Å². The third-order valence-corrected chi connectivity index (χ3v) is 2.77. The van der Waals surface area contributed by atoms with Crippen LogP contribution in [0.4, 0.5) is 5.13 Å². The maximum absolute atomic E-state index is 9.18. The summed E-state index contributed by atoms with van der Waals surface area (Å²) in [5.41, 5.74) is 1.12. The van der Waals surface area contributed by atoms with Gasteiger partial charge in [0.05, 0.1) is 11.8 Å². The SMILES string of the molecule is CCc1csc(N(C)CC(C)O)n1. The fraction of sp³-hybridized carbons (Fsp3) is 0.667. The van der Waals surface area contributed by atoms with Crippen LogP contribution in [0.15, 0.2) is 5.38 Å². The van der Waals surface area contributed by atoms with Crippen molar-refractivity contribution in [1.82, 2.24) is 4.98 Å². The summed E-state index contributed by atoms with van der Waals surface area (Å²) in [6.07, 6.45) is 0.665. The molecule has 0 spiro atoms. The van der Waals surface area contributed by atoms with E-state index in [1.807, 2.05) is 11.9 Å². The number of aliphatic hydroxyl groups is 1. The first kappa shape index (κ1) is 10.5. The molecule has 0 aliphatic carbocycles. The van der Waals surface area contributed by atoms with Gasteiger partial charge in [-0.3, -0.25) is 0 Å². The van der Waals surface area contributed by atoms with Crippen LogP contribution in [0, 0.1) is 0 Å². The maximum atomic E-state index is 9.18. The second kappa shape index (κ2) is 4.58. The Morgan fingerprint density at radius 1 is 1.69 bits per heavy atom.